The minimum atomic E-state index is 0.733. The molecular formula is C16H26N4. The minimum absolute atomic E-state index is 0.733. The standard InChI is InChI=1S/C16H26N4/c1-12-10-20(14-6-7-14)16(18-12)19-9-3-4-13(11-19)15-5-2-8-17-15/h10,13-15,17H,2-9,11H2,1H3. The van der Waals surface area contributed by atoms with Crippen LogP contribution in [0.1, 0.15) is 50.3 Å². The normalized spacial score (nSPS) is 30.9. The van der Waals surface area contributed by atoms with Gasteiger partial charge in [-0.25, -0.2) is 4.98 Å². The molecule has 1 aromatic rings. The first kappa shape index (κ1) is 12.7. The van der Waals surface area contributed by atoms with E-state index in [1.165, 1.54) is 69.8 Å². The predicted molar refractivity (Wildman–Crippen MR) is 81.2 cm³/mol. The van der Waals surface area contributed by atoms with Gasteiger partial charge in [-0.1, -0.05) is 0 Å². The number of aryl methyl sites for hydroxylation is 1. The first-order chi connectivity index (χ1) is 9.81. The Kier molecular flexibility index (Phi) is 3.21. The topological polar surface area (TPSA) is 33.1 Å². The number of hydrogen-bond donors (Lipinski definition) is 1. The van der Waals surface area contributed by atoms with Gasteiger partial charge in [0.2, 0.25) is 5.95 Å². The van der Waals surface area contributed by atoms with Crippen molar-refractivity contribution >= 4 is 5.95 Å². The molecule has 3 heterocycles. The summed E-state index contributed by atoms with van der Waals surface area (Å²) in [5.74, 6) is 2.06. The number of imidazole rings is 1. The van der Waals surface area contributed by atoms with Crippen molar-refractivity contribution in [2.45, 2.75) is 57.5 Å². The van der Waals surface area contributed by atoms with E-state index in [-0.39, 0.29) is 0 Å². The van der Waals surface area contributed by atoms with Gasteiger partial charge in [-0.05, 0) is 57.9 Å². The van der Waals surface area contributed by atoms with Crippen LogP contribution in [-0.2, 0) is 0 Å². The fourth-order valence-corrected chi connectivity index (χ4v) is 3.99. The van der Waals surface area contributed by atoms with Crippen molar-refractivity contribution in [3.05, 3.63) is 11.9 Å². The Morgan fingerprint density at radius 3 is 2.85 bits per heavy atom. The van der Waals surface area contributed by atoms with Gasteiger partial charge in [0.15, 0.2) is 0 Å². The van der Waals surface area contributed by atoms with Gasteiger partial charge in [-0.3, -0.25) is 0 Å². The summed E-state index contributed by atoms with van der Waals surface area (Å²) < 4.78 is 2.44. The smallest absolute Gasteiger partial charge is 0.205 e. The SMILES string of the molecule is Cc1cn(C2CC2)c(N2CCCC(C3CCCN3)C2)n1. The zero-order valence-electron chi connectivity index (χ0n) is 12.5. The van der Waals surface area contributed by atoms with Gasteiger partial charge < -0.3 is 14.8 Å². The third-order valence-corrected chi connectivity index (χ3v) is 5.18. The van der Waals surface area contributed by atoms with Crippen LogP contribution in [0.25, 0.3) is 0 Å². The lowest BCUT2D eigenvalue weighted by Gasteiger charge is -2.36. The molecule has 110 valence electrons. The Balaban J connectivity index is 1.52. The number of rotatable bonds is 3. The summed E-state index contributed by atoms with van der Waals surface area (Å²) in [5, 5.41) is 3.70. The number of aromatic nitrogens is 2. The number of nitrogens with zero attached hydrogens (tertiary/aromatic N) is 3. The lowest BCUT2D eigenvalue weighted by atomic mass is 9.90. The minimum Gasteiger partial charge on any atom is -0.342 e. The number of anilines is 1. The zero-order chi connectivity index (χ0) is 13.5. The Labute approximate surface area is 121 Å². The molecule has 20 heavy (non-hydrogen) atoms. The van der Waals surface area contributed by atoms with Crippen LogP contribution < -0.4 is 10.2 Å². The van der Waals surface area contributed by atoms with E-state index in [0.29, 0.717) is 0 Å². The molecule has 1 N–H and O–H groups in total. The van der Waals surface area contributed by atoms with Gasteiger partial charge in [-0.2, -0.15) is 0 Å². The molecular weight excluding hydrogens is 248 g/mol. The molecule has 4 rings (SSSR count). The van der Waals surface area contributed by atoms with Crippen LogP contribution in [0, 0.1) is 12.8 Å². The highest BCUT2D eigenvalue weighted by molar-refractivity contribution is 5.36. The molecule has 0 spiro atoms. The van der Waals surface area contributed by atoms with Crippen LogP contribution in [0.4, 0.5) is 5.95 Å². The van der Waals surface area contributed by atoms with Crippen LogP contribution >= 0.6 is 0 Å². The fourth-order valence-electron chi connectivity index (χ4n) is 3.99. The molecule has 1 aromatic heterocycles. The highest BCUT2D eigenvalue weighted by atomic mass is 15.3. The maximum Gasteiger partial charge on any atom is 0.205 e. The molecule has 0 bridgehead atoms. The Bertz CT molecular complexity index is 471. The van der Waals surface area contributed by atoms with Gasteiger partial charge in [0.25, 0.3) is 0 Å². The van der Waals surface area contributed by atoms with Gasteiger partial charge >= 0.3 is 0 Å². The van der Waals surface area contributed by atoms with Crippen molar-refractivity contribution in [2.24, 2.45) is 5.92 Å². The van der Waals surface area contributed by atoms with Crippen molar-refractivity contribution in [1.82, 2.24) is 14.9 Å². The van der Waals surface area contributed by atoms with Crippen LogP contribution in [0.2, 0.25) is 0 Å². The zero-order valence-corrected chi connectivity index (χ0v) is 12.5. The molecule has 0 aromatic carbocycles. The summed E-state index contributed by atoms with van der Waals surface area (Å²) in [6.45, 7) is 5.73. The Hall–Kier alpha value is -1.03. The summed E-state index contributed by atoms with van der Waals surface area (Å²) in [5.41, 5.74) is 1.17. The number of piperidine rings is 1. The molecule has 0 amide bonds. The molecule has 2 atom stereocenters. The molecule has 1 aliphatic carbocycles. The summed E-state index contributed by atoms with van der Waals surface area (Å²) in [4.78, 5) is 7.38. The molecule has 1 saturated carbocycles. The summed E-state index contributed by atoms with van der Waals surface area (Å²) >= 11 is 0. The fraction of sp³-hybridized carbons (Fsp3) is 0.812. The van der Waals surface area contributed by atoms with Gasteiger partial charge in [0.05, 0.1) is 5.69 Å². The number of hydrogen-bond acceptors (Lipinski definition) is 3. The van der Waals surface area contributed by atoms with Crippen LogP contribution in [0.5, 0.6) is 0 Å². The van der Waals surface area contributed by atoms with E-state index < -0.39 is 0 Å². The van der Waals surface area contributed by atoms with Crippen molar-refractivity contribution in [1.29, 1.82) is 0 Å². The van der Waals surface area contributed by atoms with Gasteiger partial charge in [-0.15, -0.1) is 0 Å². The Morgan fingerprint density at radius 2 is 2.10 bits per heavy atom. The highest BCUT2D eigenvalue weighted by Crippen LogP contribution is 2.39. The average Bonchev–Trinajstić information content (AvgIpc) is 3.01. The van der Waals surface area contributed by atoms with E-state index in [0.717, 1.165) is 18.0 Å². The van der Waals surface area contributed by atoms with E-state index in [1.807, 2.05) is 0 Å². The van der Waals surface area contributed by atoms with Crippen LogP contribution in [-0.4, -0.2) is 35.2 Å². The lowest BCUT2D eigenvalue weighted by molar-refractivity contribution is 0.325. The van der Waals surface area contributed by atoms with Crippen molar-refractivity contribution in [3.63, 3.8) is 0 Å². The molecule has 4 nitrogen and oxygen atoms in total. The average molecular weight is 274 g/mol. The van der Waals surface area contributed by atoms with Crippen LogP contribution in [0.15, 0.2) is 6.20 Å². The maximum atomic E-state index is 4.83. The molecule has 2 aliphatic heterocycles. The summed E-state index contributed by atoms with van der Waals surface area (Å²) in [6.07, 6.45) is 10.4. The van der Waals surface area contributed by atoms with E-state index in [9.17, 15) is 0 Å². The monoisotopic (exact) mass is 274 g/mol. The van der Waals surface area contributed by atoms with Crippen molar-refractivity contribution in [2.75, 3.05) is 24.5 Å². The first-order valence-corrected chi connectivity index (χ1v) is 8.35. The lowest BCUT2D eigenvalue weighted by Crippen LogP contribution is -2.44. The second kappa shape index (κ2) is 5.06. The predicted octanol–water partition coefficient (Wildman–Crippen LogP) is 2.49. The second-order valence-corrected chi connectivity index (χ2v) is 6.87. The molecule has 4 heteroatoms. The summed E-state index contributed by atoms with van der Waals surface area (Å²) in [6, 6.07) is 1.49. The molecule has 0 radical (unpaired) electrons. The van der Waals surface area contributed by atoms with E-state index in [2.05, 4.69) is 27.9 Å². The second-order valence-electron chi connectivity index (χ2n) is 6.87. The summed E-state index contributed by atoms with van der Waals surface area (Å²) in [7, 11) is 0. The maximum absolute atomic E-state index is 4.83. The quantitative estimate of drug-likeness (QED) is 0.919. The molecule has 3 fully saturated rings. The van der Waals surface area contributed by atoms with Gasteiger partial charge in [0.1, 0.15) is 0 Å². The van der Waals surface area contributed by atoms with Crippen molar-refractivity contribution in [3.8, 4) is 0 Å². The first-order valence-electron chi connectivity index (χ1n) is 8.35. The van der Waals surface area contributed by atoms with E-state index in [4.69, 9.17) is 4.98 Å². The Morgan fingerprint density at radius 1 is 1.20 bits per heavy atom. The van der Waals surface area contributed by atoms with E-state index in [1.54, 1.807) is 0 Å². The van der Waals surface area contributed by atoms with E-state index >= 15 is 0 Å². The molecule has 3 aliphatic rings. The highest BCUT2D eigenvalue weighted by Gasteiger charge is 2.33. The van der Waals surface area contributed by atoms with Crippen LogP contribution in [0.3, 0.4) is 0 Å². The molecule has 2 unspecified atom stereocenters. The van der Waals surface area contributed by atoms with Crippen molar-refractivity contribution < 1.29 is 0 Å². The third-order valence-electron chi connectivity index (χ3n) is 5.18. The third kappa shape index (κ3) is 2.34. The van der Waals surface area contributed by atoms with Gasteiger partial charge in [0, 0.05) is 31.4 Å². The number of nitrogens with one attached hydrogen (secondary N) is 1. The largest absolute Gasteiger partial charge is 0.342 e. The molecule has 2 saturated heterocycles.